The summed E-state index contributed by atoms with van der Waals surface area (Å²) in [5.41, 5.74) is 16.0. The van der Waals surface area contributed by atoms with Gasteiger partial charge in [-0.3, -0.25) is 0 Å². The van der Waals surface area contributed by atoms with Crippen LogP contribution in [0.2, 0.25) is 0 Å². The Morgan fingerprint density at radius 1 is 0.517 bits per heavy atom. The number of para-hydroxylation sites is 3. The predicted molar refractivity (Wildman–Crippen MR) is 239 cm³/mol. The van der Waals surface area contributed by atoms with Crippen molar-refractivity contribution in [3.8, 4) is 45.1 Å². The fourth-order valence-corrected chi connectivity index (χ4v) is 9.23. The summed E-state index contributed by atoms with van der Waals surface area (Å²) in [4.78, 5) is 10.1. The third kappa shape index (κ3) is 4.96. The summed E-state index contributed by atoms with van der Waals surface area (Å²) in [6, 6.07) is 60.3. The monoisotopic (exact) mass is 744 g/mol. The molecule has 0 bridgehead atoms. The highest BCUT2D eigenvalue weighted by atomic mass is 16.3. The molecule has 1 unspecified atom stereocenters. The third-order valence-corrected chi connectivity index (χ3v) is 12.0. The Kier molecular flexibility index (Phi) is 7.20. The lowest BCUT2D eigenvalue weighted by molar-refractivity contribution is 0.667. The van der Waals surface area contributed by atoms with Gasteiger partial charge in [-0.15, -0.1) is 0 Å². The van der Waals surface area contributed by atoms with Gasteiger partial charge in [0.1, 0.15) is 16.8 Å². The maximum atomic E-state index is 6.44. The minimum atomic E-state index is 0.437. The molecule has 4 heterocycles. The first-order valence-corrected chi connectivity index (χ1v) is 20.0. The first-order valence-electron chi connectivity index (χ1n) is 20.0. The quantitative estimate of drug-likeness (QED) is 0.176. The van der Waals surface area contributed by atoms with Gasteiger partial charge in [0.05, 0.1) is 16.6 Å². The van der Waals surface area contributed by atoms with Crippen LogP contribution >= 0.6 is 0 Å². The van der Waals surface area contributed by atoms with Crippen molar-refractivity contribution in [1.29, 1.82) is 0 Å². The Balaban J connectivity index is 0.979. The molecular weight excluding hydrogens is 709 g/mol. The fraction of sp³-hybridized carbons (Fsp3) is 0.0566. The van der Waals surface area contributed by atoms with Crippen molar-refractivity contribution in [2.45, 2.75) is 19.3 Å². The van der Waals surface area contributed by atoms with Crippen LogP contribution in [0, 0.1) is 0 Å². The molecule has 4 aromatic heterocycles. The van der Waals surface area contributed by atoms with E-state index in [-0.39, 0.29) is 0 Å². The van der Waals surface area contributed by atoms with E-state index < -0.39 is 0 Å². The smallest absolute Gasteiger partial charge is 0.180 e. The van der Waals surface area contributed by atoms with Crippen molar-refractivity contribution in [3.63, 3.8) is 0 Å². The Labute approximate surface area is 334 Å². The number of hydrogen-bond acceptors (Lipinski definition) is 3. The van der Waals surface area contributed by atoms with Crippen LogP contribution in [0.4, 0.5) is 0 Å². The van der Waals surface area contributed by atoms with E-state index in [0.29, 0.717) is 17.3 Å². The number of furan rings is 1. The third-order valence-electron chi connectivity index (χ3n) is 12.0. The molecule has 5 nitrogen and oxygen atoms in total. The number of hydrogen-bond donors (Lipinski definition) is 0. The van der Waals surface area contributed by atoms with Crippen molar-refractivity contribution in [2.24, 2.45) is 0 Å². The molecule has 0 aliphatic heterocycles. The largest absolute Gasteiger partial charge is 0.452 e. The molecule has 1 atom stereocenters. The van der Waals surface area contributed by atoms with Crippen LogP contribution in [-0.4, -0.2) is 19.1 Å². The average molecular weight is 745 g/mol. The number of benzene rings is 7. The second kappa shape index (κ2) is 12.8. The maximum Gasteiger partial charge on any atom is 0.180 e. The van der Waals surface area contributed by atoms with E-state index in [0.717, 1.165) is 50.9 Å². The van der Waals surface area contributed by atoms with Crippen molar-refractivity contribution in [2.75, 3.05) is 0 Å². The van der Waals surface area contributed by atoms with Gasteiger partial charge in [0.15, 0.2) is 11.4 Å². The number of fused-ring (bicyclic) bond motifs is 9. The normalized spacial score (nSPS) is 14.0. The van der Waals surface area contributed by atoms with Gasteiger partial charge in [0.25, 0.3) is 0 Å². The van der Waals surface area contributed by atoms with Crippen LogP contribution in [0.1, 0.15) is 30.5 Å². The molecule has 58 heavy (non-hydrogen) atoms. The molecular formula is C53H36N4O. The molecule has 0 amide bonds. The molecule has 5 heteroatoms. The summed E-state index contributed by atoms with van der Waals surface area (Å²) >= 11 is 0. The van der Waals surface area contributed by atoms with Crippen molar-refractivity contribution >= 4 is 60.9 Å². The van der Waals surface area contributed by atoms with Crippen LogP contribution in [0.15, 0.2) is 180 Å². The predicted octanol–water partition coefficient (Wildman–Crippen LogP) is 13.9. The first-order chi connectivity index (χ1) is 28.7. The zero-order valence-corrected chi connectivity index (χ0v) is 31.8. The molecule has 0 N–H and O–H groups in total. The molecule has 0 saturated carbocycles. The second-order valence-electron chi connectivity index (χ2n) is 15.4. The molecule has 12 rings (SSSR count). The summed E-state index contributed by atoms with van der Waals surface area (Å²) in [5, 5.41) is 4.72. The van der Waals surface area contributed by atoms with Gasteiger partial charge in [-0.05, 0) is 84.3 Å². The number of allylic oxidation sites excluding steroid dienone is 1. The van der Waals surface area contributed by atoms with Gasteiger partial charge in [0, 0.05) is 61.2 Å². The lowest BCUT2D eigenvalue weighted by Gasteiger charge is -2.19. The summed E-state index contributed by atoms with van der Waals surface area (Å²) in [6.07, 6.45) is 5.71. The second-order valence-corrected chi connectivity index (χ2v) is 15.4. The standard InChI is InChI=1S/C53H36N4O/c1-33-13-12-20-41-44-32-37(26-30-47(44)57(51(33)41)38-16-6-3-7-17-38)36-25-29-46-43(31-36)40-18-8-10-21-45(40)56(46)39-27-23-34(24-28-39)49-52-50(42-19-9-11-22-48(42)58-52)55-53(54-49)35-14-4-2-5-15-35/h2-12,14-33H,13H2,1H3. The molecule has 0 saturated heterocycles. The molecule has 7 aromatic carbocycles. The average Bonchev–Trinajstić information content (AvgIpc) is 3.95. The first kappa shape index (κ1) is 32.7. The Morgan fingerprint density at radius 2 is 1.14 bits per heavy atom. The van der Waals surface area contributed by atoms with Crippen molar-refractivity contribution < 1.29 is 4.42 Å². The Morgan fingerprint density at radius 3 is 1.93 bits per heavy atom. The van der Waals surface area contributed by atoms with E-state index in [1.54, 1.807) is 0 Å². The number of nitrogens with zero attached hydrogens (tertiary/aromatic N) is 4. The number of aromatic nitrogens is 4. The minimum Gasteiger partial charge on any atom is -0.452 e. The lowest BCUT2D eigenvalue weighted by atomic mass is 9.92. The topological polar surface area (TPSA) is 48.8 Å². The molecule has 274 valence electrons. The fourth-order valence-electron chi connectivity index (χ4n) is 9.23. The van der Waals surface area contributed by atoms with Crippen LogP contribution in [0.25, 0.3) is 106 Å². The zero-order chi connectivity index (χ0) is 38.3. The summed E-state index contributed by atoms with van der Waals surface area (Å²) in [7, 11) is 0. The van der Waals surface area contributed by atoms with E-state index in [1.807, 2.05) is 36.4 Å². The van der Waals surface area contributed by atoms with E-state index in [2.05, 4.69) is 162 Å². The van der Waals surface area contributed by atoms with E-state index in [4.69, 9.17) is 14.4 Å². The van der Waals surface area contributed by atoms with Crippen LogP contribution in [-0.2, 0) is 0 Å². The van der Waals surface area contributed by atoms with E-state index >= 15 is 0 Å². The summed E-state index contributed by atoms with van der Waals surface area (Å²) < 4.78 is 11.3. The maximum absolute atomic E-state index is 6.44. The highest BCUT2D eigenvalue weighted by Crippen LogP contribution is 2.42. The lowest BCUT2D eigenvalue weighted by Crippen LogP contribution is -2.06. The van der Waals surface area contributed by atoms with Crippen LogP contribution in [0.3, 0.4) is 0 Å². The zero-order valence-electron chi connectivity index (χ0n) is 31.8. The highest BCUT2D eigenvalue weighted by molar-refractivity contribution is 6.11. The van der Waals surface area contributed by atoms with Gasteiger partial charge >= 0.3 is 0 Å². The molecule has 1 aliphatic rings. The van der Waals surface area contributed by atoms with E-state index in [9.17, 15) is 0 Å². The van der Waals surface area contributed by atoms with Crippen molar-refractivity contribution in [1.82, 2.24) is 19.1 Å². The minimum absolute atomic E-state index is 0.437. The van der Waals surface area contributed by atoms with Gasteiger partial charge < -0.3 is 13.6 Å². The van der Waals surface area contributed by atoms with Gasteiger partial charge in [-0.2, -0.15) is 0 Å². The molecule has 0 radical (unpaired) electrons. The van der Waals surface area contributed by atoms with E-state index in [1.165, 1.54) is 55.3 Å². The van der Waals surface area contributed by atoms with Crippen LogP contribution < -0.4 is 0 Å². The van der Waals surface area contributed by atoms with Gasteiger partial charge in [-0.1, -0.05) is 122 Å². The summed E-state index contributed by atoms with van der Waals surface area (Å²) in [6.45, 7) is 2.34. The van der Waals surface area contributed by atoms with Crippen LogP contribution in [0.5, 0.6) is 0 Å². The SMILES string of the molecule is CC1CC=Cc2c1n(-c1ccccc1)c1ccc(-c3ccc4c(c3)c3ccccc3n4-c3ccc(-c4nc(-c5ccccc5)nc5c4oc4ccccc45)cc3)cc21. The van der Waals surface area contributed by atoms with Crippen molar-refractivity contribution in [3.05, 3.63) is 187 Å². The Hall–Kier alpha value is -7.50. The van der Waals surface area contributed by atoms with Gasteiger partial charge in [0.2, 0.25) is 0 Å². The highest BCUT2D eigenvalue weighted by Gasteiger charge is 2.24. The molecule has 0 fully saturated rings. The Bertz CT molecular complexity index is 3420. The summed E-state index contributed by atoms with van der Waals surface area (Å²) in [5.74, 6) is 1.11. The van der Waals surface area contributed by atoms with Gasteiger partial charge in [-0.25, -0.2) is 9.97 Å². The number of rotatable bonds is 5. The molecule has 1 aliphatic carbocycles. The molecule has 0 spiro atoms. The molecule has 11 aromatic rings.